The molecule has 3 nitrogen and oxygen atoms in total. The summed E-state index contributed by atoms with van der Waals surface area (Å²) < 4.78 is 5.40. The van der Waals surface area contributed by atoms with Crippen LogP contribution in [0.5, 0.6) is 5.75 Å². The Morgan fingerprint density at radius 1 is 1.37 bits per heavy atom. The van der Waals surface area contributed by atoms with E-state index in [1.165, 1.54) is 36.8 Å². The molecule has 1 saturated heterocycles. The van der Waals surface area contributed by atoms with E-state index in [-0.39, 0.29) is 0 Å². The minimum Gasteiger partial charge on any atom is -0.495 e. The van der Waals surface area contributed by atoms with Crippen LogP contribution in [-0.4, -0.2) is 24.7 Å². The molecule has 3 rings (SSSR count). The molecule has 0 bridgehead atoms. The molecule has 0 saturated carbocycles. The van der Waals surface area contributed by atoms with Gasteiger partial charge in [0.25, 0.3) is 0 Å². The summed E-state index contributed by atoms with van der Waals surface area (Å²) in [6.45, 7) is 3.12. The van der Waals surface area contributed by atoms with E-state index in [0.717, 1.165) is 23.9 Å². The van der Waals surface area contributed by atoms with Gasteiger partial charge in [-0.15, -0.1) is 0 Å². The molecule has 0 spiro atoms. The molecule has 1 aliphatic carbocycles. The quantitative estimate of drug-likeness (QED) is 0.885. The summed E-state index contributed by atoms with van der Waals surface area (Å²) in [5, 5.41) is 3.68. The maximum Gasteiger partial charge on any atom is 0.140 e. The molecule has 1 fully saturated rings. The highest BCUT2D eigenvalue weighted by Gasteiger charge is 2.30. The van der Waals surface area contributed by atoms with Crippen LogP contribution in [0.2, 0.25) is 0 Å². The molecule has 1 aliphatic heterocycles. The number of aromatic nitrogens is 1. The maximum atomic E-state index is 5.40. The highest BCUT2D eigenvalue weighted by Crippen LogP contribution is 2.36. The van der Waals surface area contributed by atoms with Crippen molar-refractivity contribution in [2.45, 2.75) is 38.6 Å². The lowest BCUT2D eigenvalue weighted by Crippen LogP contribution is -2.43. The third-order valence-electron chi connectivity index (χ3n) is 4.42. The van der Waals surface area contributed by atoms with Crippen LogP contribution in [0.3, 0.4) is 0 Å². The number of hydrogen-bond donors (Lipinski definition) is 1. The first-order valence-electron chi connectivity index (χ1n) is 7.24. The lowest BCUT2D eigenvalue weighted by atomic mass is 9.77. The first-order valence-corrected chi connectivity index (χ1v) is 7.24. The average Bonchev–Trinajstić information content (AvgIpc) is 2.47. The molecule has 0 amide bonds. The molecule has 102 valence electrons. The summed E-state index contributed by atoms with van der Waals surface area (Å²) in [5.41, 5.74) is 3.59. The van der Waals surface area contributed by atoms with E-state index in [1.54, 1.807) is 7.11 Å². The number of ether oxygens (including phenoxy) is 1. The lowest BCUT2D eigenvalue weighted by molar-refractivity contribution is 0.303. The number of hydrogen-bond acceptors (Lipinski definition) is 3. The number of nitrogens with zero attached hydrogens (tertiary/aromatic N) is 1. The van der Waals surface area contributed by atoms with Gasteiger partial charge in [0.05, 0.1) is 12.8 Å². The summed E-state index contributed by atoms with van der Waals surface area (Å²) in [4.78, 5) is 4.47. The van der Waals surface area contributed by atoms with Crippen molar-refractivity contribution < 1.29 is 4.74 Å². The van der Waals surface area contributed by atoms with Gasteiger partial charge in [-0.25, -0.2) is 0 Å². The van der Waals surface area contributed by atoms with Crippen molar-refractivity contribution >= 4 is 5.57 Å². The number of piperidine rings is 1. The van der Waals surface area contributed by atoms with Crippen molar-refractivity contribution in [1.82, 2.24) is 10.3 Å². The molecule has 2 atom stereocenters. The van der Waals surface area contributed by atoms with Crippen LogP contribution >= 0.6 is 0 Å². The fraction of sp³-hybridized carbons (Fsp3) is 0.562. The second kappa shape index (κ2) is 5.33. The predicted octanol–water partition coefficient (Wildman–Crippen LogP) is 2.94. The van der Waals surface area contributed by atoms with E-state index in [4.69, 9.17) is 4.74 Å². The molecule has 0 unspecified atom stereocenters. The number of rotatable bonds is 2. The number of allylic oxidation sites excluding steroid dienone is 1. The Morgan fingerprint density at radius 2 is 2.26 bits per heavy atom. The molecule has 2 aliphatic rings. The molecule has 0 radical (unpaired) electrons. The Morgan fingerprint density at radius 3 is 3.11 bits per heavy atom. The van der Waals surface area contributed by atoms with Crippen LogP contribution in [-0.2, 0) is 0 Å². The van der Waals surface area contributed by atoms with Gasteiger partial charge < -0.3 is 10.1 Å². The molecule has 1 aromatic rings. The monoisotopic (exact) mass is 258 g/mol. The summed E-state index contributed by atoms with van der Waals surface area (Å²) in [7, 11) is 1.71. The zero-order valence-corrected chi connectivity index (χ0v) is 11.8. The maximum absolute atomic E-state index is 5.40. The van der Waals surface area contributed by atoms with E-state index in [0.29, 0.717) is 6.04 Å². The summed E-state index contributed by atoms with van der Waals surface area (Å²) in [6.07, 6.45) is 9.54. The van der Waals surface area contributed by atoms with Gasteiger partial charge in [-0.2, -0.15) is 0 Å². The normalized spacial score (nSPS) is 26.5. The Hall–Kier alpha value is -1.35. The summed E-state index contributed by atoms with van der Waals surface area (Å²) >= 11 is 0. The minimum absolute atomic E-state index is 0.511. The number of methoxy groups -OCH3 is 1. The van der Waals surface area contributed by atoms with Gasteiger partial charge in [0, 0.05) is 17.8 Å². The van der Waals surface area contributed by atoms with Crippen LogP contribution in [0, 0.1) is 12.8 Å². The van der Waals surface area contributed by atoms with Crippen molar-refractivity contribution in [3.63, 3.8) is 0 Å². The molecule has 19 heavy (non-hydrogen) atoms. The van der Waals surface area contributed by atoms with Gasteiger partial charge in [-0.05, 0) is 56.7 Å². The number of pyridine rings is 1. The zero-order chi connectivity index (χ0) is 13.2. The van der Waals surface area contributed by atoms with E-state index in [1.807, 2.05) is 13.1 Å². The van der Waals surface area contributed by atoms with Gasteiger partial charge in [0.1, 0.15) is 5.75 Å². The molecule has 2 heterocycles. The summed E-state index contributed by atoms with van der Waals surface area (Å²) in [5.74, 6) is 1.68. The zero-order valence-electron chi connectivity index (χ0n) is 11.8. The Labute approximate surface area is 115 Å². The molecule has 1 aromatic heterocycles. The average molecular weight is 258 g/mol. The molecule has 1 N–H and O–H groups in total. The molecule has 0 aromatic carbocycles. The first-order chi connectivity index (χ1) is 9.29. The van der Waals surface area contributed by atoms with Crippen molar-refractivity contribution in [3.05, 3.63) is 29.6 Å². The van der Waals surface area contributed by atoms with Crippen molar-refractivity contribution in [2.24, 2.45) is 5.92 Å². The van der Waals surface area contributed by atoms with Gasteiger partial charge in [0.2, 0.25) is 0 Å². The third-order valence-corrected chi connectivity index (χ3v) is 4.42. The summed E-state index contributed by atoms with van der Waals surface area (Å²) in [6, 6.07) is 2.64. The van der Waals surface area contributed by atoms with Crippen LogP contribution in [0.4, 0.5) is 0 Å². The van der Waals surface area contributed by atoms with E-state index >= 15 is 0 Å². The number of nitrogens with one attached hydrogen (secondary N) is 1. The van der Waals surface area contributed by atoms with Crippen molar-refractivity contribution in [2.75, 3.05) is 13.7 Å². The van der Waals surface area contributed by atoms with Crippen LogP contribution in [0.25, 0.3) is 5.57 Å². The minimum atomic E-state index is 0.511. The van der Waals surface area contributed by atoms with Gasteiger partial charge in [0.15, 0.2) is 0 Å². The predicted molar refractivity (Wildman–Crippen MR) is 77.3 cm³/mol. The van der Waals surface area contributed by atoms with E-state index in [9.17, 15) is 0 Å². The molecular weight excluding hydrogens is 236 g/mol. The number of aryl methyl sites for hydroxylation is 1. The highest BCUT2D eigenvalue weighted by atomic mass is 16.5. The van der Waals surface area contributed by atoms with Gasteiger partial charge >= 0.3 is 0 Å². The van der Waals surface area contributed by atoms with Gasteiger partial charge in [-0.3, -0.25) is 4.98 Å². The SMILES string of the molecule is COc1cc(C2=CCC[C@H]3CCCN[C@@H]23)cnc1C. The Bertz CT molecular complexity index is 496. The molecular formula is C16H22N2O. The van der Waals surface area contributed by atoms with Crippen LogP contribution in [0.1, 0.15) is 36.9 Å². The van der Waals surface area contributed by atoms with Gasteiger partial charge in [-0.1, -0.05) is 6.08 Å². The fourth-order valence-corrected chi connectivity index (χ4v) is 3.38. The second-order valence-electron chi connectivity index (χ2n) is 5.58. The number of fused-ring (bicyclic) bond motifs is 1. The first kappa shape index (κ1) is 12.7. The van der Waals surface area contributed by atoms with Crippen molar-refractivity contribution in [1.29, 1.82) is 0 Å². The van der Waals surface area contributed by atoms with Crippen LogP contribution in [0.15, 0.2) is 18.3 Å². The highest BCUT2D eigenvalue weighted by molar-refractivity contribution is 5.71. The third kappa shape index (κ3) is 2.39. The molecule has 3 heteroatoms. The second-order valence-corrected chi connectivity index (χ2v) is 5.58. The Balaban J connectivity index is 1.94. The van der Waals surface area contributed by atoms with Crippen LogP contribution < -0.4 is 10.1 Å². The van der Waals surface area contributed by atoms with E-state index < -0.39 is 0 Å². The van der Waals surface area contributed by atoms with E-state index in [2.05, 4.69) is 22.4 Å². The topological polar surface area (TPSA) is 34.1 Å². The lowest BCUT2D eigenvalue weighted by Gasteiger charge is -2.37. The standard InChI is InChI=1S/C16H22N2O/c1-11-15(19-2)9-13(10-18-11)14-7-3-5-12-6-4-8-17-16(12)14/h7,9-10,12,16-17H,3-6,8H2,1-2H3/t12-,16+/m0/s1. The van der Waals surface area contributed by atoms with Crippen molar-refractivity contribution in [3.8, 4) is 5.75 Å². The largest absolute Gasteiger partial charge is 0.495 e. The Kier molecular flexibility index (Phi) is 3.56. The smallest absolute Gasteiger partial charge is 0.140 e. The fourth-order valence-electron chi connectivity index (χ4n) is 3.38.